The van der Waals surface area contributed by atoms with Crippen LogP contribution >= 0.6 is 0 Å². The lowest BCUT2D eigenvalue weighted by atomic mass is 10.2. The highest BCUT2D eigenvalue weighted by atomic mass is 16.3. The Balaban J connectivity index is 2.13. The van der Waals surface area contributed by atoms with Crippen LogP contribution in [0.15, 0.2) is 66.4 Å². The van der Waals surface area contributed by atoms with Crippen LogP contribution in [0.3, 0.4) is 0 Å². The first-order valence-electron chi connectivity index (χ1n) is 7.63. The van der Waals surface area contributed by atoms with Gasteiger partial charge in [-0.05, 0) is 24.6 Å². The molecule has 2 N–H and O–H groups in total. The smallest absolute Gasteiger partial charge is 0.267 e. The van der Waals surface area contributed by atoms with Crippen molar-refractivity contribution < 1.29 is 9.90 Å². The molecule has 5 nitrogen and oxygen atoms in total. The van der Waals surface area contributed by atoms with Gasteiger partial charge in [0.05, 0.1) is 5.69 Å². The van der Waals surface area contributed by atoms with E-state index in [4.69, 9.17) is 0 Å². The number of para-hydroxylation sites is 2. The second kappa shape index (κ2) is 8.39. The van der Waals surface area contributed by atoms with E-state index in [9.17, 15) is 15.2 Å². The summed E-state index contributed by atoms with van der Waals surface area (Å²) in [7, 11) is 0. The molecule has 0 radical (unpaired) electrons. The van der Waals surface area contributed by atoms with Gasteiger partial charge in [-0.1, -0.05) is 42.5 Å². The van der Waals surface area contributed by atoms with Crippen molar-refractivity contribution in [1.29, 1.82) is 5.26 Å². The number of hydrogen-bond acceptors (Lipinski definition) is 4. The number of nitriles is 1. The molecule has 0 aromatic heterocycles. The summed E-state index contributed by atoms with van der Waals surface area (Å²) in [6.07, 6.45) is 1.54. The summed E-state index contributed by atoms with van der Waals surface area (Å²) in [5, 5.41) is 21.5. The van der Waals surface area contributed by atoms with E-state index < -0.39 is 5.91 Å². The van der Waals surface area contributed by atoms with E-state index in [1.807, 2.05) is 48.2 Å². The Morgan fingerprint density at radius 3 is 2.50 bits per heavy atom. The highest BCUT2D eigenvalue weighted by Crippen LogP contribution is 2.22. The molecule has 0 saturated carbocycles. The Bertz CT molecular complexity index is 764. The Labute approximate surface area is 141 Å². The third-order valence-electron chi connectivity index (χ3n) is 3.46. The van der Waals surface area contributed by atoms with E-state index in [1.165, 1.54) is 6.07 Å². The highest BCUT2D eigenvalue weighted by molar-refractivity contribution is 6.07. The summed E-state index contributed by atoms with van der Waals surface area (Å²) < 4.78 is 0. The number of aromatic hydroxyl groups is 1. The minimum Gasteiger partial charge on any atom is -0.506 e. The van der Waals surface area contributed by atoms with Gasteiger partial charge in [-0.3, -0.25) is 4.79 Å². The van der Waals surface area contributed by atoms with Crippen LogP contribution in [0.5, 0.6) is 5.75 Å². The predicted molar refractivity (Wildman–Crippen MR) is 93.0 cm³/mol. The lowest BCUT2D eigenvalue weighted by molar-refractivity contribution is -0.112. The Morgan fingerprint density at radius 2 is 1.88 bits per heavy atom. The minimum absolute atomic E-state index is 0.0176. The Hall–Kier alpha value is -3.26. The summed E-state index contributed by atoms with van der Waals surface area (Å²) in [6.45, 7) is 3.21. The number of phenolic OH excluding ortho intramolecular Hbond substituents is 1. The number of benzene rings is 2. The molecule has 0 aliphatic heterocycles. The molecular weight excluding hydrogens is 302 g/mol. The van der Waals surface area contributed by atoms with E-state index in [1.54, 1.807) is 24.4 Å². The monoisotopic (exact) mass is 321 g/mol. The maximum absolute atomic E-state index is 12.3. The van der Waals surface area contributed by atoms with Gasteiger partial charge in [-0.2, -0.15) is 5.26 Å². The number of anilines is 1. The zero-order valence-electron chi connectivity index (χ0n) is 13.4. The second-order valence-corrected chi connectivity index (χ2v) is 5.17. The summed E-state index contributed by atoms with van der Waals surface area (Å²) >= 11 is 0. The zero-order valence-corrected chi connectivity index (χ0v) is 13.4. The first-order valence-corrected chi connectivity index (χ1v) is 7.63. The molecule has 0 saturated heterocycles. The average molecular weight is 321 g/mol. The number of carbonyl (C=O) groups is 1. The average Bonchev–Trinajstić information content (AvgIpc) is 2.61. The van der Waals surface area contributed by atoms with Crippen LogP contribution in [0.1, 0.15) is 12.5 Å². The zero-order chi connectivity index (χ0) is 17.4. The van der Waals surface area contributed by atoms with Crippen LogP contribution in [-0.4, -0.2) is 22.5 Å². The predicted octanol–water partition coefficient (Wildman–Crippen LogP) is 3.26. The van der Waals surface area contributed by atoms with Crippen molar-refractivity contribution in [2.24, 2.45) is 0 Å². The van der Waals surface area contributed by atoms with Gasteiger partial charge in [-0.25, -0.2) is 0 Å². The summed E-state index contributed by atoms with van der Waals surface area (Å²) in [5.74, 6) is -0.592. The third-order valence-corrected chi connectivity index (χ3v) is 3.46. The number of hydrogen-bond donors (Lipinski definition) is 2. The van der Waals surface area contributed by atoms with E-state index >= 15 is 0 Å². The summed E-state index contributed by atoms with van der Waals surface area (Å²) in [6, 6.07) is 18.1. The van der Waals surface area contributed by atoms with Crippen LogP contribution in [0, 0.1) is 11.3 Å². The van der Waals surface area contributed by atoms with Crippen molar-refractivity contribution in [3.8, 4) is 11.8 Å². The SMILES string of the molecule is CCN(/C=C(/C#N)C(=O)Nc1ccccc1O)Cc1ccccc1. The van der Waals surface area contributed by atoms with Gasteiger partial charge in [-0.15, -0.1) is 0 Å². The molecule has 0 bridgehead atoms. The van der Waals surface area contributed by atoms with E-state index in [-0.39, 0.29) is 17.0 Å². The molecule has 2 rings (SSSR count). The lowest BCUT2D eigenvalue weighted by Gasteiger charge is -2.19. The molecular formula is C19H19N3O2. The topological polar surface area (TPSA) is 76.4 Å². The Kier molecular flexibility index (Phi) is 5.98. The maximum atomic E-state index is 12.3. The molecule has 0 heterocycles. The number of amides is 1. The van der Waals surface area contributed by atoms with E-state index in [2.05, 4.69) is 5.32 Å². The van der Waals surface area contributed by atoms with Gasteiger partial charge in [0.25, 0.3) is 5.91 Å². The van der Waals surface area contributed by atoms with E-state index in [0.29, 0.717) is 13.1 Å². The molecule has 1 amide bonds. The Morgan fingerprint density at radius 1 is 1.21 bits per heavy atom. The first-order chi connectivity index (χ1) is 11.6. The van der Waals surface area contributed by atoms with Crippen molar-refractivity contribution in [1.82, 2.24) is 4.90 Å². The van der Waals surface area contributed by atoms with Gasteiger partial charge in [0.1, 0.15) is 17.4 Å². The van der Waals surface area contributed by atoms with Gasteiger partial charge in [0.15, 0.2) is 0 Å². The second-order valence-electron chi connectivity index (χ2n) is 5.17. The molecule has 0 fully saturated rings. The van der Waals surface area contributed by atoms with Crippen LogP contribution in [-0.2, 0) is 11.3 Å². The van der Waals surface area contributed by atoms with Gasteiger partial charge >= 0.3 is 0 Å². The number of rotatable bonds is 6. The quantitative estimate of drug-likeness (QED) is 0.486. The molecule has 0 atom stereocenters. The largest absolute Gasteiger partial charge is 0.506 e. The standard InChI is InChI=1S/C19H19N3O2/c1-2-22(13-15-8-4-3-5-9-15)14-16(12-20)19(24)21-17-10-6-7-11-18(17)23/h3-11,14,23H,2,13H2,1H3,(H,21,24)/b16-14-. The normalized spacial score (nSPS) is 10.8. The third kappa shape index (κ3) is 4.62. The van der Waals surface area contributed by atoms with Gasteiger partial charge in [0.2, 0.25) is 0 Å². The van der Waals surface area contributed by atoms with Crippen molar-refractivity contribution in [3.63, 3.8) is 0 Å². The molecule has 5 heteroatoms. The van der Waals surface area contributed by atoms with Crippen molar-refractivity contribution in [2.75, 3.05) is 11.9 Å². The van der Waals surface area contributed by atoms with Crippen molar-refractivity contribution >= 4 is 11.6 Å². The molecule has 24 heavy (non-hydrogen) atoms. The molecule has 122 valence electrons. The lowest BCUT2D eigenvalue weighted by Crippen LogP contribution is -2.21. The van der Waals surface area contributed by atoms with Crippen LogP contribution in [0.4, 0.5) is 5.69 Å². The molecule has 0 spiro atoms. The fraction of sp³-hybridized carbons (Fsp3) is 0.158. The summed E-state index contributed by atoms with van der Waals surface area (Å²) in [4.78, 5) is 14.1. The highest BCUT2D eigenvalue weighted by Gasteiger charge is 2.13. The first kappa shape index (κ1) is 17.1. The fourth-order valence-electron chi connectivity index (χ4n) is 2.16. The molecule has 2 aromatic carbocycles. The molecule has 0 aliphatic rings. The minimum atomic E-state index is -0.550. The fourth-order valence-corrected chi connectivity index (χ4v) is 2.16. The number of carbonyl (C=O) groups excluding carboxylic acids is 1. The van der Waals surface area contributed by atoms with Crippen molar-refractivity contribution in [2.45, 2.75) is 13.5 Å². The summed E-state index contributed by atoms with van der Waals surface area (Å²) in [5.41, 5.74) is 1.35. The van der Waals surface area contributed by atoms with E-state index in [0.717, 1.165) is 5.56 Å². The van der Waals surface area contributed by atoms with Crippen LogP contribution in [0.2, 0.25) is 0 Å². The number of nitrogens with zero attached hydrogens (tertiary/aromatic N) is 2. The number of phenols is 1. The molecule has 2 aromatic rings. The van der Waals surface area contributed by atoms with Crippen LogP contribution in [0.25, 0.3) is 0 Å². The molecule has 0 aliphatic carbocycles. The van der Waals surface area contributed by atoms with Gasteiger partial charge < -0.3 is 15.3 Å². The van der Waals surface area contributed by atoms with Crippen molar-refractivity contribution in [3.05, 3.63) is 71.9 Å². The molecule has 0 unspecified atom stereocenters. The van der Waals surface area contributed by atoms with Crippen LogP contribution < -0.4 is 5.32 Å². The maximum Gasteiger partial charge on any atom is 0.267 e. The van der Waals surface area contributed by atoms with Gasteiger partial charge in [0, 0.05) is 19.3 Å². The number of nitrogens with one attached hydrogen (secondary N) is 1.